The fourth-order valence-electron chi connectivity index (χ4n) is 5.53. The smallest absolute Gasteiger partial charge is 0.224 e. The minimum absolute atomic E-state index is 0.0158. The lowest BCUT2D eigenvalue weighted by molar-refractivity contribution is -0.127. The number of aromatic nitrogens is 2. The number of hydrogen-bond donors (Lipinski definition) is 1. The van der Waals surface area contributed by atoms with Crippen LogP contribution in [0.3, 0.4) is 0 Å². The molecule has 30 heavy (non-hydrogen) atoms. The van der Waals surface area contributed by atoms with Crippen molar-refractivity contribution in [2.24, 2.45) is 5.92 Å². The van der Waals surface area contributed by atoms with Gasteiger partial charge in [0.05, 0.1) is 5.92 Å². The lowest BCUT2D eigenvalue weighted by Crippen LogP contribution is -2.51. The zero-order valence-electron chi connectivity index (χ0n) is 18.0. The van der Waals surface area contributed by atoms with Gasteiger partial charge < -0.3 is 14.8 Å². The highest BCUT2D eigenvalue weighted by Crippen LogP contribution is 2.45. The first-order valence-electron chi connectivity index (χ1n) is 11.0. The summed E-state index contributed by atoms with van der Waals surface area (Å²) in [4.78, 5) is 19.5. The second kappa shape index (κ2) is 7.55. The van der Waals surface area contributed by atoms with Crippen molar-refractivity contribution in [1.82, 2.24) is 19.8 Å². The summed E-state index contributed by atoms with van der Waals surface area (Å²) in [5.41, 5.74) is 5.31. The maximum absolute atomic E-state index is 13.0. The number of rotatable bonds is 4. The van der Waals surface area contributed by atoms with Crippen LogP contribution in [0.2, 0.25) is 0 Å². The first-order valence-corrected chi connectivity index (χ1v) is 11.0. The lowest BCUT2D eigenvalue weighted by Gasteiger charge is -2.45. The molecule has 1 aliphatic heterocycles. The number of amides is 1. The van der Waals surface area contributed by atoms with E-state index in [1.54, 1.807) is 12.4 Å². The molecule has 1 fully saturated rings. The SMILES string of the molecule is CC(C)n1cc2c3c(cccc31)[C@H]1C[C@@H](C(=O)NCc3ccncc3)CN(C)[C@@H]1C2. The van der Waals surface area contributed by atoms with Gasteiger partial charge in [0.15, 0.2) is 0 Å². The lowest BCUT2D eigenvalue weighted by atomic mass is 9.72. The summed E-state index contributed by atoms with van der Waals surface area (Å²) in [5, 5.41) is 4.58. The van der Waals surface area contributed by atoms with Gasteiger partial charge in [-0.2, -0.15) is 0 Å². The molecule has 3 aromatic rings. The molecule has 2 aromatic heterocycles. The Bertz CT molecular complexity index is 1070. The van der Waals surface area contributed by atoms with Crippen molar-refractivity contribution in [2.45, 2.75) is 51.2 Å². The van der Waals surface area contributed by atoms with Crippen LogP contribution in [0.5, 0.6) is 0 Å². The van der Waals surface area contributed by atoms with Gasteiger partial charge in [-0.05, 0) is 68.6 Å². The normalized spacial score (nSPS) is 23.5. The van der Waals surface area contributed by atoms with Crippen LogP contribution in [0.1, 0.15) is 48.9 Å². The Morgan fingerprint density at radius 2 is 2.03 bits per heavy atom. The maximum atomic E-state index is 13.0. The Hall–Kier alpha value is -2.66. The van der Waals surface area contributed by atoms with E-state index >= 15 is 0 Å². The molecule has 1 saturated heterocycles. The number of fused-ring (bicyclic) bond motifs is 2. The minimum Gasteiger partial charge on any atom is -0.352 e. The monoisotopic (exact) mass is 402 g/mol. The molecular weight excluding hydrogens is 372 g/mol. The highest BCUT2D eigenvalue weighted by molar-refractivity contribution is 5.89. The average Bonchev–Trinajstić information content (AvgIpc) is 3.13. The van der Waals surface area contributed by atoms with E-state index < -0.39 is 0 Å². The molecule has 3 heterocycles. The van der Waals surface area contributed by atoms with Crippen molar-refractivity contribution in [3.05, 3.63) is 65.6 Å². The number of hydrogen-bond acceptors (Lipinski definition) is 3. The van der Waals surface area contributed by atoms with Gasteiger partial charge in [-0.15, -0.1) is 0 Å². The van der Waals surface area contributed by atoms with Gasteiger partial charge in [0.1, 0.15) is 0 Å². The molecule has 2 aliphatic rings. The van der Waals surface area contributed by atoms with Crippen LogP contribution in [0.15, 0.2) is 48.9 Å². The topological polar surface area (TPSA) is 50.2 Å². The number of carbonyl (C=O) groups excluding carboxylic acids is 1. The van der Waals surface area contributed by atoms with Crippen molar-refractivity contribution in [3.63, 3.8) is 0 Å². The van der Waals surface area contributed by atoms with Crippen LogP contribution < -0.4 is 5.32 Å². The van der Waals surface area contributed by atoms with Gasteiger partial charge in [-0.3, -0.25) is 9.78 Å². The molecule has 0 bridgehead atoms. The largest absolute Gasteiger partial charge is 0.352 e. The fourth-order valence-corrected chi connectivity index (χ4v) is 5.53. The molecule has 1 aliphatic carbocycles. The predicted octanol–water partition coefficient (Wildman–Crippen LogP) is 3.89. The number of nitrogens with one attached hydrogen (secondary N) is 1. The van der Waals surface area contributed by atoms with E-state index in [0.29, 0.717) is 24.5 Å². The van der Waals surface area contributed by atoms with Crippen molar-refractivity contribution in [2.75, 3.05) is 13.6 Å². The Balaban J connectivity index is 1.41. The van der Waals surface area contributed by atoms with Gasteiger partial charge >= 0.3 is 0 Å². The quantitative estimate of drug-likeness (QED) is 0.720. The molecule has 0 saturated carbocycles. The Labute approximate surface area is 178 Å². The Morgan fingerprint density at radius 1 is 1.23 bits per heavy atom. The van der Waals surface area contributed by atoms with Gasteiger partial charge in [-0.25, -0.2) is 0 Å². The molecule has 0 radical (unpaired) electrons. The predicted molar refractivity (Wildman–Crippen MR) is 119 cm³/mol. The van der Waals surface area contributed by atoms with E-state index in [4.69, 9.17) is 0 Å². The molecule has 5 nitrogen and oxygen atoms in total. The average molecular weight is 403 g/mol. The van der Waals surface area contributed by atoms with E-state index in [1.165, 1.54) is 22.0 Å². The molecular formula is C25H30N4O. The zero-order valence-corrected chi connectivity index (χ0v) is 18.0. The van der Waals surface area contributed by atoms with Crippen molar-refractivity contribution >= 4 is 16.8 Å². The molecule has 3 atom stereocenters. The first-order chi connectivity index (χ1) is 14.5. The van der Waals surface area contributed by atoms with E-state index in [9.17, 15) is 4.79 Å². The van der Waals surface area contributed by atoms with Crippen LogP contribution in [-0.2, 0) is 17.8 Å². The number of likely N-dealkylation sites (N-methyl/N-ethyl adjacent to an activating group) is 1. The summed E-state index contributed by atoms with van der Waals surface area (Å²) < 4.78 is 2.41. The molecule has 1 aromatic carbocycles. The summed E-state index contributed by atoms with van der Waals surface area (Å²) >= 11 is 0. The molecule has 5 rings (SSSR count). The molecule has 5 heteroatoms. The Kier molecular flexibility index (Phi) is 4.86. The third kappa shape index (κ3) is 3.21. The van der Waals surface area contributed by atoms with Gasteiger partial charge in [0, 0.05) is 60.6 Å². The van der Waals surface area contributed by atoms with Crippen LogP contribution in [-0.4, -0.2) is 40.0 Å². The second-order valence-electron chi connectivity index (χ2n) is 9.22. The fraction of sp³-hybridized carbons (Fsp3) is 0.440. The number of benzene rings is 1. The molecule has 1 amide bonds. The van der Waals surface area contributed by atoms with Crippen molar-refractivity contribution in [1.29, 1.82) is 0 Å². The van der Waals surface area contributed by atoms with E-state index in [1.807, 2.05) is 12.1 Å². The summed E-state index contributed by atoms with van der Waals surface area (Å²) in [6.45, 7) is 5.87. The van der Waals surface area contributed by atoms with Crippen LogP contribution >= 0.6 is 0 Å². The Morgan fingerprint density at radius 3 is 2.80 bits per heavy atom. The highest BCUT2D eigenvalue weighted by atomic mass is 16.1. The third-order valence-corrected chi connectivity index (χ3v) is 7.02. The van der Waals surface area contributed by atoms with Gasteiger partial charge in [0.25, 0.3) is 0 Å². The van der Waals surface area contributed by atoms with Crippen LogP contribution in [0.4, 0.5) is 0 Å². The maximum Gasteiger partial charge on any atom is 0.224 e. The number of pyridine rings is 1. The van der Waals surface area contributed by atoms with E-state index in [0.717, 1.165) is 24.9 Å². The number of carbonyl (C=O) groups is 1. The van der Waals surface area contributed by atoms with Crippen molar-refractivity contribution < 1.29 is 4.79 Å². The summed E-state index contributed by atoms with van der Waals surface area (Å²) in [6, 6.07) is 11.5. The number of nitrogens with zero attached hydrogens (tertiary/aromatic N) is 3. The molecule has 156 valence electrons. The van der Waals surface area contributed by atoms with Gasteiger partial charge in [-0.1, -0.05) is 12.1 Å². The molecule has 0 unspecified atom stereocenters. The summed E-state index contributed by atoms with van der Waals surface area (Å²) in [5.74, 6) is 0.580. The third-order valence-electron chi connectivity index (χ3n) is 7.02. The van der Waals surface area contributed by atoms with E-state index in [2.05, 4.69) is 65.1 Å². The summed E-state index contributed by atoms with van der Waals surface area (Å²) in [6.07, 6.45) is 7.88. The van der Waals surface area contributed by atoms with E-state index in [-0.39, 0.29) is 11.8 Å². The number of piperidine rings is 1. The number of likely N-dealkylation sites (tertiary alicyclic amines) is 1. The first kappa shape index (κ1) is 19.3. The minimum atomic E-state index is 0.0158. The highest BCUT2D eigenvalue weighted by Gasteiger charge is 2.41. The second-order valence-corrected chi connectivity index (χ2v) is 9.22. The summed E-state index contributed by atoms with van der Waals surface area (Å²) in [7, 11) is 2.19. The van der Waals surface area contributed by atoms with Crippen LogP contribution in [0, 0.1) is 5.92 Å². The zero-order chi connectivity index (χ0) is 20.8. The molecule has 0 spiro atoms. The molecule has 1 N–H and O–H groups in total. The standard InChI is InChI=1S/C25H30N4O/c1-16(2)29-15-18-12-23-21(20-5-4-6-22(29)24(18)20)11-19(14-28(23)3)25(30)27-13-17-7-9-26-10-8-17/h4-10,15-16,19,21,23H,11-14H2,1-3H3,(H,27,30)/t19-,21-,23-/m1/s1. The van der Waals surface area contributed by atoms with Crippen LogP contribution in [0.25, 0.3) is 10.9 Å². The van der Waals surface area contributed by atoms with Gasteiger partial charge in [0.2, 0.25) is 5.91 Å². The van der Waals surface area contributed by atoms with Crippen molar-refractivity contribution in [3.8, 4) is 0 Å².